The van der Waals surface area contributed by atoms with E-state index in [0.29, 0.717) is 17.7 Å². The van der Waals surface area contributed by atoms with Gasteiger partial charge < -0.3 is 10.4 Å². The zero-order chi connectivity index (χ0) is 14.6. The first-order chi connectivity index (χ1) is 8.79. The molecule has 0 spiro atoms. The van der Waals surface area contributed by atoms with E-state index in [0.717, 1.165) is 6.26 Å². The Kier molecular flexibility index (Phi) is 5.08. The summed E-state index contributed by atoms with van der Waals surface area (Å²) in [5.41, 5.74) is 0.791. The number of Topliss-reactive ketones (excluding diaryl/α,β-unsaturated/α-hetero) is 1. The molecule has 1 aromatic rings. The predicted octanol–water partition coefficient (Wildman–Crippen LogP) is 1.48. The number of nitrogens with one attached hydrogen (secondary N) is 1. The first kappa shape index (κ1) is 15.7. The topological polar surface area (TPSA) is 83.5 Å². The highest BCUT2D eigenvalue weighted by molar-refractivity contribution is 7.90. The lowest BCUT2D eigenvalue weighted by Crippen LogP contribution is -2.24. The van der Waals surface area contributed by atoms with Crippen molar-refractivity contribution >= 4 is 21.3 Å². The first-order valence-electron chi connectivity index (χ1n) is 6.02. The normalized spacial score (nSPS) is 13.1. The quantitative estimate of drug-likeness (QED) is 0.773. The van der Waals surface area contributed by atoms with Crippen LogP contribution in [0.5, 0.6) is 0 Å². The van der Waals surface area contributed by atoms with Crippen molar-refractivity contribution in [3.8, 4) is 0 Å². The summed E-state index contributed by atoms with van der Waals surface area (Å²) in [6, 6.07) is 4.17. The Bertz CT molecular complexity index is 562. The van der Waals surface area contributed by atoms with Crippen molar-refractivity contribution in [2.45, 2.75) is 31.2 Å². The van der Waals surface area contributed by atoms with E-state index in [2.05, 4.69) is 5.32 Å². The predicted molar refractivity (Wildman–Crippen MR) is 74.3 cm³/mol. The molecule has 106 valence electrons. The second kappa shape index (κ2) is 6.16. The van der Waals surface area contributed by atoms with Gasteiger partial charge in [-0.1, -0.05) is 6.92 Å². The molecule has 0 heterocycles. The van der Waals surface area contributed by atoms with Gasteiger partial charge in [0.15, 0.2) is 15.6 Å². The molecule has 0 aliphatic heterocycles. The molecule has 1 aromatic carbocycles. The third-order valence-corrected chi connectivity index (χ3v) is 4.01. The van der Waals surface area contributed by atoms with E-state index >= 15 is 0 Å². The average Bonchev–Trinajstić information content (AvgIpc) is 2.34. The number of anilines is 1. The minimum atomic E-state index is -3.39. The summed E-state index contributed by atoms with van der Waals surface area (Å²) in [5, 5.41) is 12.1. The fourth-order valence-electron chi connectivity index (χ4n) is 1.68. The molecule has 0 aliphatic carbocycles. The molecule has 1 atom stereocenters. The number of hydrogen-bond donors (Lipinski definition) is 2. The largest absolute Gasteiger partial charge is 0.394 e. The summed E-state index contributed by atoms with van der Waals surface area (Å²) in [6.07, 6.45) is 1.75. The molecule has 0 fully saturated rings. The van der Waals surface area contributed by atoms with Crippen LogP contribution in [0.25, 0.3) is 0 Å². The lowest BCUT2D eigenvalue weighted by molar-refractivity contribution is 0.101. The molecule has 0 saturated heterocycles. The average molecular weight is 285 g/mol. The molecule has 2 N–H and O–H groups in total. The van der Waals surface area contributed by atoms with Crippen molar-refractivity contribution in [3.63, 3.8) is 0 Å². The zero-order valence-corrected chi connectivity index (χ0v) is 12.1. The third-order valence-electron chi connectivity index (χ3n) is 2.86. The van der Waals surface area contributed by atoms with Gasteiger partial charge in [-0.2, -0.15) is 0 Å². The summed E-state index contributed by atoms with van der Waals surface area (Å²) in [7, 11) is -3.39. The van der Waals surface area contributed by atoms with E-state index in [4.69, 9.17) is 0 Å². The van der Waals surface area contributed by atoms with E-state index in [1.807, 2.05) is 6.92 Å². The van der Waals surface area contributed by atoms with Crippen molar-refractivity contribution in [3.05, 3.63) is 23.8 Å². The van der Waals surface area contributed by atoms with Gasteiger partial charge in [0, 0.05) is 17.9 Å². The molecular weight excluding hydrogens is 266 g/mol. The third kappa shape index (κ3) is 4.04. The molecule has 0 amide bonds. The molecule has 0 bridgehead atoms. The Morgan fingerprint density at radius 3 is 2.47 bits per heavy atom. The van der Waals surface area contributed by atoms with Gasteiger partial charge in [0.2, 0.25) is 0 Å². The number of sulfone groups is 1. The van der Waals surface area contributed by atoms with E-state index in [-0.39, 0.29) is 23.3 Å². The molecule has 0 aliphatic rings. The van der Waals surface area contributed by atoms with Gasteiger partial charge in [-0.25, -0.2) is 8.42 Å². The first-order valence-corrected chi connectivity index (χ1v) is 7.91. The molecule has 5 nitrogen and oxygen atoms in total. The van der Waals surface area contributed by atoms with E-state index in [1.165, 1.54) is 25.1 Å². The smallest absolute Gasteiger partial charge is 0.177 e. The van der Waals surface area contributed by atoms with Crippen LogP contribution >= 0.6 is 0 Å². The molecule has 0 saturated carbocycles. The second-order valence-electron chi connectivity index (χ2n) is 4.47. The number of ketones is 1. The Balaban J connectivity index is 3.30. The maximum absolute atomic E-state index is 11.7. The highest BCUT2D eigenvalue weighted by atomic mass is 32.2. The Morgan fingerprint density at radius 1 is 1.42 bits per heavy atom. The van der Waals surface area contributed by atoms with Crippen LogP contribution in [-0.4, -0.2) is 38.2 Å². The minimum absolute atomic E-state index is 0.107. The van der Waals surface area contributed by atoms with E-state index in [9.17, 15) is 18.3 Å². The molecule has 0 unspecified atom stereocenters. The van der Waals surface area contributed by atoms with Crippen molar-refractivity contribution in [2.75, 3.05) is 18.2 Å². The van der Waals surface area contributed by atoms with E-state index in [1.54, 1.807) is 0 Å². The van der Waals surface area contributed by atoms with Crippen LogP contribution in [0.2, 0.25) is 0 Å². The molecule has 6 heteroatoms. The highest BCUT2D eigenvalue weighted by Crippen LogP contribution is 2.24. The number of carbonyl (C=O) groups is 1. The monoisotopic (exact) mass is 285 g/mol. The Morgan fingerprint density at radius 2 is 2.05 bits per heavy atom. The summed E-state index contributed by atoms with van der Waals surface area (Å²) in [6.45, 7) is 3.19. The van der Waals surface area contributed by atoms with Crippen molar-refractivity contribution in [1.29, 1.82) is 0 Å². The van der Waals surface area contributed by atoms with Gasteiger partial charge in [-0.3, -0.25) is 4.79 Å². The molecular formula is C13H19NO4S. The summed E-state index contributed by atoms with van der Waals surface area (Å²) in [4.78, 5) is 11.5. The lowest BCUT2D eigenvalue weighted by Gasteiger charge is -2.18. The van der Waals surface area contributed by atoms with Gasteiger partial charge in [-0.05, 0) is 31.5 Å². The van der Waals surface area contributed by atoms with Gasteiger partial charge in [0.1, 0.15) is 0 Å². The van der Waals surface area contributed by atoms with Crippen molar-refractivity contribution in [2.24, 2.45) is 0 Å². The van der Waals surface area contributed by atoms with Crippen LogP contribution < -0.4 is 5.32 Å². The summed E-state index contributed by atoms with van der Waals surface area (Å²) >= 11 is 0. The van der Waals surface area contributed by atoms with Crippen LogP contribution in [0, 0.1) is 0 Å². The van der Waals surface area contributed by atoms with Gasteiger partial charge in [0.05, 0.1) is 17.2 Å². The Labute approximate surface area is 113 Å². The van der Waals surface area contributed by atoms with Crippen molar-refractivity contribution in [1.82, 2.24) is 0 Å². The number of rotatable bonds is 6. The standard InChI is InChI=1S/C13H19NO4S/c1-4-11(8-15)14-12-7-10(9(2)16)5-6-13(12)19(3,17)18/h5-7,11,14-15H,4,8H2,1-3H3/t11-/m1/s1. The summed E-state index contributed by atoms with van der Waals surface area (Å²) in [5.74, 6) is -0.139. The number of benzene rings is 1. The fraction of sp³-hybridized carbons (Fsp3) is 0.462. The van der Waals surface area contributed by atoms with Crippen LogP contribution in [0.4, 0.5) is 5.69 Å². The minimum Gasteiger partial charge on any atom is -0.394 e. The highest BCUT2D eigenvalue weighted by Gasteiger charge is 2.17. The molecule has 0 radical (unpaired) electrons. The number of aliphatic hydroxyl groups is 1. The number of carbonyl (C=O) groups excluding carboxylic acids is 1. The maximum atomic E-state index is 11.7. The van der Waals surface area contributed by atoms with Gasteiger partial charge in [0.25, 0.3) is 0 Å². The SMILES string of the molecule is CC[C@H](CO)Nc1cc(C(C)=O)ccc1S(C)(=O)=O. The Hall–Kier alpha value is -1.40. The number of hydrogen-bond acceptors (Lipinski definition) is 5. The summed E-state index contributed by atoms with van der Waals surface area (Å²) < 4.78 is 23.4. The second-order valence-corrected chi connectivity index (χ2v) is 6.46. The van der Waals surface area contributed by atoms with Crippen LogP contribution in [0.15, 0.2) is 23.1 Å². The van der Waals surface area contributed by atoms with Crippen LogP contribution in [0.1, 0.15) is 30.6 Å². The maximum Gasteiger partial charge on any atom is 0.177 e. The lowest BCUT2D eigenvalue weighted by atomic mass is 10.1. The van der Waals surface area contributed by atoms with Crippen molar-refractivity contribution < 1.29 is 18.3 Å². The van der Waals surface area contributed by atoms with Crippen LogP contribution in [-0.2, 0) is 9.84 Å². The van der Waals surface area contributed by atoms with E-state index < -0.39 is 9.84 Å². The zero-order valence-electron chi connectivity index (χ0n) is 11.3. The molecule has 1 rings (SSSR count). The van der Waals surface area contributed by atoms with Gasteiger partial charge in [-0.15, -0.1) is 0 Å². The van der Waals surface area contributed by atoms with Gasteiger partial charge >= 0.3 is 0 Å². The number of aliphatic hydroxyl groups excluding tert-OH is 1. The molecule has 19 heavy (non-hydrogen) atoms. The fourth-order valence-corrected chi connectivity index (χ4v) is 2.51. The van der Waals surface area contributed by atoms with Crippen LogP contribution in [0.3, 0.4) is 0 Å². The molecule has 0 aromatic heterocycles.